The number of benzene rings is 3. The number of aryl methyl sites for hydroxylation is 2. The van der Waals surface area contributed by atoms with Crippen LogP contribution >= 0.6 is 0 Å². The van der Waals surface area contributed by atoms with Crippen LogP contribution in [0, 0.1) is 19.7 Å². The number of fused-ring (bicyclic) bond motifs is 6. The molecule has 2 atom stereocenters. The summed E-state index contributed by atoms with van der Waals surface area (Å²) in [4.78, 5) is 41.5. The second-order valence-corrected chi connectivity index (χ2v) is 12.4. The summed E-state index contributed by atoms with van der Waals surface area (Å²) in [5.74, 6) is -2.47. The van der Waals surface area contributed by atoms with Crippen LogP contribution < -0.4 is 15.6 Å². The molecule has 3 aromatic carbocycles. The maximum atomic E-state index is 15.8. The lowest BCUT2D eigenvalue weighted by Crippen LogP contribution is -2.49. The van der Waals surface area contributed by atoms with Gasteiger partial charge in [-0.2, -0.15) is 13.2 Å². The van der Waals surface area contributed by atoms with E-state index in [0.29, 0.717) is 22.9 Å². The van der Waals surface area contributed by atoms with Crippen molar-refractivity contribution < 1.29 is 41.4 Å². The minimum atomic E-state index is -4.90. The van der Waals surface area contributed by atoms with Gasteiger partial charge in [0.05, 0.1) is 18.0 Å². The predicted molar refractivity (Wildman–Crippen MR) is 170 cm³/mol. The number of aromatic nitrogens is 1. The quantitative estimate of drug-likeness (QED) is 0.225. The number of rotatable bonds is 6. The predicted octanol–water partition coefficient (Wildman–Crippen LogP) is 6.51. The minimum Gasteiger partial charge on any atom is -0.481 e. The molecule has 4 bridgehead atoms. The SMILES string of the molecule is Cc1cc2cc(c1F)[C@H](CC(=O)O)NC(=O)[C@@H](n1cc(CCN3CC(F)C3)c(C(F)(F)F)cc1=O)c1cccc(c1)Oc1cccc(C)c1-2. The first kappa shape index (κ1) is 33.8. The summed E-state index contributed by atoms with van der Waals surface area (Å²) in [7, 11) is 0. The maximum absolute atomic E-state index is 15.8. The number of likely N-dealkylation sites (tertiary alicyclic amines) is 1. The van der Waals surface area contributed by atoms with E-state index in [9.17, 15) is 37.1 Å². The van der Waals surface area contributed by atoms with Gasteiger partial charge in [0.15, 0.2) is 0 Å². The summed E-state index contributed by atoms with van der Waals surface area (Å²) in [6, 6.07) is 11.8. The van der Waals surface area contributed by atoms with Crippen molar-refractivity contribution in [3.8, 4) is 22.6 Å². The largest absolute Gasteiger partial charge is 0.481 e. The van der Waals surface area contributed by atoms with Crippen LogP contribution in [0.1, 0.15) is 51.9 Å². The molecule has 1 fully saturated rings. The van der Waals surface area contributed by atoms with E-state index >= 15 is 4.39 Å². The molecule has 2 N–H and O–H groups in total. The van der Waals surface area contributed by atoms with Crippen molar-refractivity contribution in [1.82, 2.24) is 14.8 Å². The first-order chi connectivity index (χ1) is 23.2. The van der Waals surface area contributed by atoms with Gasteiger partial charge in [0.25, 0.3) is 5.56 Å². The number of carbonyl (C=O) groups excluding carboxylic acids is 1. The summed E-state index contributed by atoms with van der Waals surface area (Å²) in [6.07, 6.45) is -5.95. The Morgan fingerprint density at radius 3 is 2.45 bits per heavy atom. The van der Waals surface area contributed by atoms with E-state index < -0.39 is 59.7 Å². The van der Waals surface area contributed by atoms with Crippen LogP contribution in [0.25, 0.3) is 11.1 Å². The molecule has 256 valence electrons. The first-order valence-corrected chi connectivity index (χ1v) is 15.6. The molecule has 13 heteroatoms. The van der Waals surface area contributed by atoms with Crippen LogP contribution in [-0.4, -0.2) is 52.3 Å². The van der Waals surface area contributed by atoms with Crippen LogP contribution in [0.3, 0.4) is 0 Å². The molecule has 3 heterocycles. The Balaban J connectivity index is 1.55. The lowest BCUT2D eigenvalue weighted by atomic mass is 9.92. The number of hydrogen-bond acceptors (Lipinski definition) is 5. The number of nitrogens with zero attached hydrogens (tertiary/aromatic N) is 2. The third kappa shape index (κ3) is 6.93. The van der Waals surface area contributed by atoms with E-state index in [1.165, 1.54) is 25.1 Å². The van der Waals surface area contributed by atoms with E-state index in [-0.39, 0.29) is 54.1 Å². The van der Waals surface area contributed by atoms with Crippen LogP contribution in [0.4, 0.5) is 22.0 Å². The van der Waals surface area contributed by atoms with Crippen molar-refractivity contribution in [2.24, 2.45) is 0 Å². The maximum Gasteiger partial charge on any atom is 0.416 e. The molecule has 0 saturated carbocycles. The zero-order valence-corrected chi connectivity index (χ0v) is 26.5. The number of halogens is 5. The fourth-order valence-electron chi connectivity index (χ4n) is 6.49. The fourth-order valence-corrected chi connectivity index (χ4v) is 6.49. The number of pyridine rings is 1. The molecule has 2 aliphatic heterocycles. The second kappa shape index (κ2) is 13.1. The van der Waals surface area contributed by atoms with Gasteiger partial charge < -0.3 is 15.2 Å². The lowest BCUT2D eigenvalue weighted by Gasteiger charge is -2.34. The Bertz CT molecular complexity index is 2000. The van der Waals surface area contributed by atoms with Gasteiger partial charge >= 0.3 is 12.1 Å². The van der Waals surface area contributed by atoms with Crippen LogP contribution in [-0.2, 0) is 22.2 Å². The Morgan fingerprint density at radius 1 is 1.02 bits per heavy atom. The molecule has 1 amide bonds. The van der Waals surface area contributed by atoms with Gasteiger partial charge in [0, 0.05) is 43.0 Å². The van der Waals surface area contributed by atoms with Gasteiger partial charge in [-0.3, -0.25) is 23.9 Å². The van der Waals surface area contributed by atoms with Crippen LogP contribution in [0.2, 0.25) is 0 Å². The average Bonchev–Trinajstić information content (AvgIpc) is 3.00. The van der Waals surface area contributed by atoms with E-state index in [1.54, 1.807) is 35.2 Å². The molecule has 0 aliphatic carbocycles. The first-order valence-electron chi connectivity index (χ1n) is 15.6. The third-order valence-electron chi connectivity index (χ3n) is 8.88. The van der Waals surface area contributed by atoms with Gasteiger partial charge in [-0.15, -0.1) is 0 Å². The number of carboxylic acids is 1. The molecule has 1 aromatic heterocycles. The second-order valence-electron chi connectivity index (χ2n) is 12.4. The van der Waals surface area contributed by atoms with Gasteiger partial charge in [-0.25, -0.2) is 8.78 Å². The van der Waals surface area contributed by atoms with E-state index in [2.05, 4.69) is 5.32 Å². The summed E-state index contributed by atoms with van der Waals surface area (Å²) in [5.41, 5.74) is -0.593. The molecule has 2 aliphatic rings. The minimum absolute atomic E-state index is 0.0731. The highest BCUT2D eigenvalue weighted by molar-refractivity contribution is 5.85. The molecule has 8 nitrogen and oxygen atoms in total. The average molecular weight is 682 g/mol. The smallest absolute Gasteiger partial charge is 0.416 e. The van der Waals surface area contributed by atoms with Crippen molar-refractivity contribution in [2.45, 2.75) is 51.1 Å². The van der Waals surface area contributed by atoms with E-state index in [4.69, 9.17) is 4.74 Å². The third-order valence-corrected chi connectivity index (χ3v) is 8.88. The molecular formula is C36H32F5N3O5. The van der Waals surface area contributed by atoms with E-state index in [1.807, 2.05) is 13.0 Å². The highest BCUT2D eigenvalue weighted by Crippen LogP contribution is 2.40. The Labute approximate surface area is 277 Å². The number of ether oxygens (including phenoxy) is 1. The van der Waals surface area contributed by atoms with Crippen LogP contribution in [0.15, 0.2) is 71.7 Å². The van der Waals surface area contributed by atoms with Gasteiger partial charge in [0.2, 0.25) is 5.91 Å². The topological polar surface area (TPSA) is 101 Å². The molecule has 0 radical (unpaired) electrons. The number of nitrogens with one attached hydrogen (secondary N) is 1. The van der Waals surface area contributed by atoms with Crippen LogP contribution in [0.5, 0.6) is 11.5 Å². The van der Waals surface area contributed by atoms with Gasteiger partial charge in [-0.05, 0) is 78.4 Å². The summed E-state index contributed by atoms with van der Waals surface area (Å²) >= 11 is 0. The Hall–Kier alpha value is -5.04. The molecule has 0 unspecified atom stereocenters. The van der Waals surface area contributed by atoms with Gasteiger partial charge in [-0.1, -0.05) is 24.3 Å². The normalized spacial score (nSPS) is 18.2. The molecule has 4 aromatic rings. The van der Waals surface area contributed by atoms with Gasteiger partial charge in [0.1, 0.15) is 29.5 Å². The number of amides is 1. The number of carboxylic acid groups (broad SMARTS) is 1. The van der Waals surface area contributed by atoms with E-state index in [0.717, 1.165) is 16.3 Å². The number of aliphatic carboxylic acids is 1. The van der Waals surface area contributed by atoms with Crippen molar-refractivity contribution in [3.05, 3.63) is 116 Å². The molecular weight excluding hydrogens is 649 g/mol. The fraction of sp³-hybridized carbons (Fsp3) is 0.306. The Kier molecular flexibility index (Phi) is 9.05. The van der Waals surface area contributed by atoms with Crippen molar-refractivity contribution in [1.29, 1.82) is 0 Å². The zero-order chi connectivity index (χ0) is 35.2. The molecule has 6 rings (SSSR count). The molecule has 0 spiro atoms. The zero-order valence-electron chi connectivity index (χ0n) is 26.5. The highest BCUT2D eigenvalue weighted by atomic mass is 19.4. The monoisotopic (exact) mass is 681 g/mol. The number of hydrogen-bond donors (Lipinski definition) is 2. The number of carbonyl (C=O) groups is 2. The summed E-state index contributed by atoms with van der Waals surface area (Å²) < 4.78 is 78.9. The number of alkyl halides is 4. The van der Waals surface area contributed by atoms with Crippen molar-refractivity contribution in [2.75, 3.05) is 19.6 Å². The standard InChI is InChI=1S/C36H32F5N3O5/c1-19-5-3-8-29-32(19)23-11-20(2)33(38)26(13-23)28(15-31(46)47)42-35(48)34(21-6-4-7-25(12-21)49-29)44-16-22(9-10-43-17-24(37)18-43)27(14-30(44)45)36(39,40)41/h3-8,11-14,16,24,28,34H,9-10,15,17-18H2,1-2H3,(H,42,48)(H,46,47)/t28-,34-/m0/s1. The molecule has 49 heavy (non-hydrogen) atoms. The molecule has 1 saturated heterocycles. The lowest BCUT2D eigenvalue weighted by molar-refractivity contribution is -0.139. The summed E-state index contributed by atoms with van der Waals surface area (Å²) in [6.45, 7) is 3.56. The highest BCUT2D eigenvalue weighted by Gasteiger charge is 2.37. The van der Waals surface area contributed by atoms with Crippen molar-refractivity contribution >= 4 is 11.9 Å². The Morgan fingerprint density at radius 2 is 1.76 bits per heavy atom. The van der Waals surface area contributed by atoms with Crippen molar-refractivity contribution in [3.63, 3.8) is 0 Å². The summed E-state index contributed by atoms with van der Waals surface area (Å²) in [5, 5.41) is 12.4.